The fourth-order valence-electron chi connectivity index (χ4n) is 3.67. The fourth-order valence-corrected chi connectivity index (χ4v) is 3.67. The summed E-state index contributed by atoms with van der Waals surface area (Å²) >= 11 is 0. The molecule has 1 aliphatic heterocycles. The molecule has 7 heteroatoms. The van der Waals surface area contributed by atoms with Crippen molar-refractivity contribution in [2.24, 2.45) is 0 Å². The topological polar surface area (TPSA) is 72.6 Å². The predicted octanol–water partition coefficient (Wildman–Crippen LogP) is 2.99. The van der Waals surface area contributed by atoms with E-state index in [1.807, 2.05) is 29.1 Å². The molecule has 4 aromatic rings. The van der Waals surface area contributed by atoms with E-state index in [0.29, 0.717) is 5.82 Å². The third-order valence-corrected chi connectivity index (χ3v) is 5.25. The minimum Gasteiger partial charge on any atom is -0.294 e. The largest absolute Gasteiger partial charge is 0.294 e. The quantitative estimate of drug-likeness (QED) is 0.539. The molecule has 5 rings (SSSR count). The molecular weight excluding hydrogens is 362 g/mol. The van der Waals surface area contributed by atoms with Crippen molar-refractivity contribution < 1.29 is 0 Å². The zero-order valence-corrected chi connectivity index (χ0v) is 16.2. The van der Waals surface area contributed by atoms with Crippen molar-refractivity contribution in [3.05, 3.63) is 84.0 Å². The molecule has 0 saturated heterocycles. The molecule has 4 heterocycles. The molecule has 0 atom stereocenters. The van der Waals surface area contributed by atoms with E-state index < -0.39 is 0 Å². The average molecular weight is 383 g/mol. The summed E-state index contributed by atoms with van der Waals surface area (Å²) in [5.74, 6) is 0.692. The first-order valence-electron chi connectivity index (χ1n) is 9.69. The van der Waals surface area contributed by atoms with Crippen molar-refractivity contribution in [3.63, 3.8) is 0 Å². The second-order valence-electron chi connectivity index (χ2n) is 7.27. The molecular formula is C22H21N7. The zero-order valence-electron chi connectivity index (χ0n) is 16.2. The van der Waals surface area contributed by atoms with Gasteiger partial charge in [-0.1, -0.05) is 18.2 Å². The number of hydrogen-bond acceptors (Lipinski definition) is 6. The number of nitrogens with zero attached hydrogens (tertiary/aromatic N) is 7. The summed E-state index contributed by atoms with van der Waals surface area (Å²) in [4.78, 5) is 19.8. The highest BCUT2D eigenvalue weighted by Gasteiger charge is 2.20. The van der Waals surface area contributed by atoms with Gasteiger partial charge in [0.15, 0.2) is 5.82 Å². The Hall–Kier alpha value is -3.45. The van der Waals surface area contributed by atoms with Crippen LogP contribution in [0.5, 0.6) is 0 Å². The Morgan fingerprint density at radius 2 is 1.86 bits per heavy atom. The maximum atomic E-state index is 4.75. The van der Waals surface area contributed by atoms with E-state index in [0.717, 1.165) is 48.7 Å². The van der Waals surface area contributed by atoms with E-state index in [1.54, 1.807) is 12.4 Å². The van der Waals surface area contributed by atoms with Gasteiger partial charge in [0.2, 0.25) is 0 Å². The Bertz CT molecular complexity index is 1120. The first-order valence-corrected chi connectivity index (χ1v) is 9.69. The van der Waals surface area contributed by atoms with Crippen LogP contribution in [-0.4, -0.2) is 41.2 Å². The van der Waals surface area contributed by atoms with Gasteiger partial charge < -0.3 is 0 Å². The number of para-hydroxylation sites is 1. The van der Waals surface area contributed by atoms with E-state index in [2.05, 4.69) is 50.2 Å². The Labute approximate surface area is 169 Å². The molecule has 7 nitrogen and oxygen atoms in total. The SMILES string of the molecule is Cc1nn(-c2ccccc2)cc1CN1CCc2nc(-c3cncnc3)ncc2C1. The van der Waals surface area contributed by atoms with E-state index >= 15 is 0 Å². The van der Waals surface area contributed by atoms with Gasteiger partial charge in [0.05, 0.1) is 22.6 Å². The predicted molar refractivity (Wildman–Crippen MR) is 109 cm³/mol. The van der Waals surface area contributed by atoms with Crippen molar-refractivity contribution in [1.29, 1.82) is 0 Å². The molecule has 0 fully saturated rings. The van der Waals surface area contributed by atoms with Crippen LogP contribution in [0.25, 0.3) is 17.1 Å². The van der Waals surface area contributed by atoms with Crippen LogP contribution in [0.4, 0.5) is 0 Å². The zero-order chi connectivity index (χ0) is 19.6. The highest BCUT2D eigenvalue weighted by molar-refractivity contribution is 5.52. The summed E-state index contributed by atoms with van der Waals surface area (Å²) in [7, 11) is 0. The smallest absolute Gasteiger partial charge is 0.162 e. The van der Waals surface area contributed by atoms with Gasteiger partial charge in [-0.25, -0.2) is 24.6 Å². The molecule has 0 aliphatic carbocycles. The van der Waals surface area contributed by atoms with Crippen LogP contribution in [-0.2, 0) is 19.5 Å². The van der Waals surface area contributed by atoms with Crippen LogP contribution >= 0.6 is 0 Å². The monoisotopic (exact) mass is 383 g/mol. The maximum Gasteiger partial charge on any atom is 0.162 e. The van der Waals surface area contributed by atoms with E-state index in [-0.39, 0.29) is 0 Å². The summed E-state index contributed by atoms with van der Waals surface area (Å²) in [5.41, 5.74) is 6.54. The summed E-state index contributed by atoms with van der Waals surface area (Å²) in [6, 6.07) is 10.2. The Morgan fingerprint density at radius 1 is 1.03 bits per heavy atom. The second-order valence-corrected chi connectivity index (χ2v) is 7.27. The van der Waals surface area contributed by atoms with E-state index in [4.69, 9.17) is 4.98 Å². The minimum atomic E-state index is 0.692. The van der Waals surface area contributed by atoms with Gasteiger partial charge in [0, 0.05) is 62.0 Å². The van der Waals surface area contributed by atoms with Gasteiger partial charge in [-0.2, -0.15) is 5.10 Å². The molecule has 1 aliphatic rings. The van der Waals surface area contributed by atoms with Crippen LogP contribution < -0.4 is 0 Å². The number of benzene rings is 1. The second kappa shape index (κ2) is 7.52. The van der Waals surface area contributed by atoms with Gasteiger partial charge in [-0.15, -0.1) is 0 Å². The number of aryl methyl sites for hydroxylation is 1. The molecule has 1 aromatic carbocycles. The highest BCUT2D eigenvalue weighted by atomic mass is 15.3. The molecule has 0 saturated carbocycles. The number of fused-ring (bicyclic) bond motifs is 1. The van der Waals surface area contributed by atoms with Gasteiger partial charge in [-0.05, 0) is 19.1 Å². The number of hydrogen-bond donors (Lipinski definition) is 0. The summed E-state index contributed by atoms with van der Waals surface area (Å²) < 4.78 is 1.96. The van der Waals surface area contributed by atoms with E-state index in [9.17, 15) is 0 Å². The normalized spacial score (nSPS) is 14.0. The number of rotatable bonds is 4. The van der Waals surface area contributed by atoms with Gasteiger partial charge in [-0.3, -0.25) is 4.90 Å². The first-order chi connectivity index (χ1) is 14.3. The average Bonchev–Trinajstić information content (AvgIpc) is 3.15. The number of aromatic nitrogens is 6. The third-order valence-electron chi connectivity index (χ3n) is 5.25. The fraction of sp³-hybridized carbons (Fsp3) is 0.227. The van der Waals surface area contributed by atoms with Crippen LogP contribution in [0.2, 0.25) is 0 Å². The maximum absolute atomic E-state index is 4.75. The molecule has 0 unspecified atom stereocenters. The lowest BCUT2D eigenvalue weighted by molar-refractivity contribution is 0.242. The van der Waals surface area contributed by atoms with Gasteiger partial charge in [0.25, 0.3) is 0 Å². The Balaban J connectivity index is 1.32. The molecule has 0 N–H and O–H groups in total. The summed E-state index contributed by atoms with van der Waals surface area (Å²) in [6.07, 6.45) is 9.99. The molecule has 0 bridgehead atoms. The van der Waals surface area contributed by atoms with Crippen molar-refractivity contribution >= 4 is 0 Å². The molecule has 0 amide bonds. The third kappa shape index (κ3) is 3.64. The lowest BCUT2D eigenvalue weighted by Crippen LogP contribution is -2.31. The van der Waals surface area contributed by atoms with Gasteiger partial charge >= 0.3 is 0 Å². The van der Waals surface area contributed by atoms with Crippen LogP contribution in [0, 0.1) is 6.92 Å². The molecule has 0 spiro atoms. The lowest BCUT2D eigenvalue weighted by Gasteiger charge is -2.27. The minimum absolute atomic E-state index is 0.692. The molecule has 29 heavy (non-hydrogen) atoms. The Morgan fingerprint density at radius 3 is 2.69 bits per heavy atom. The van der Waals surface area contributed by atoms with Crippen LogP contribution in [0.1, 0.15) is 22.5 Å². The van der Waals surface area contributed by atoms with Crippen LogP contribution in [0.15, 0.2) is 61.4 Å². The van der Waals surface area contributed by atoms with Gasteiger partial charge in [0.1, 0.15) is 6.33 Å². The standard InChI is InChI=1S/C22H21N7/c1-16-19(14-29(27-16)20-5-3-2-4-6-20)13-28-8-7-21-18(12-28)11-25-22(26-21)17-9-23-15-24-10-17/h2-6,9-11,14-15H,7-8,12-13H2,1H3. The summed E-state index contributed by atoms with van der Waals surface area (Å²) in [6.45, 7) is 4.75. The molecule has 0 radical (unpaired) electrons. The van der Waals surface area contributed by atoms with Crippen molar-refractivity contribution in [2.45, 2.75) is 26.4 Å². The van der Waals surface area contributed by atoms with Crippen molar-refractivity contribution in [2.75, 3.05) is 6.54 Å². The molecule has 3 aromatic heterocycles. The Kier molecular flexibility index (Phi) is 4.57. The highest BCUT2D eigenvalue weighted by Crippen LogP contribution is 2.22. The van der Waals surface area contributed by atoms with Crippen molar-refractivity contribution in [1.82, 2.24) is 34.6 Å². The summed E-state index contributed by atoms with van der Waals surface area (Å²) in [5, 5.41) is 4.69. The first kappa shape index (κ1) is 17.6. The van der Waals surface area contributed by atoms with E-state index in [1.165, 1.54) is 17.5 Å². The molecule has 144 valence electrons. The lowest BCUT2D eigenvalue weighted by atomic mass is 10.1. The van der Waals surface area contributed by atoms with Crippen LogP contribution in [0.3, 0.4) is 0 Å². The van der Waals surface area contributed by atoms with Crippen molar-refractivity contribution in [3.8, 4) is 17.1 Å².